The highest BCUT2D eigenvalue weighted by atomic mass is 32.1. The van der Waals surface area contributed by atoms with Gasteiger partial charge in [-0.3, -0.25) is 0 Å². The number of nitrogens with zero attached hydrogens (tertiary/aromatic N) is 3. The van der Waals surface area contributed by atoms with Gasteiger partial charge in [-0.15, -0.1) is 21.5 Å². The number of fused-ring (bicyclic) bond motifs is 1. The first-order valence-corrected chi connectivity index (χ1v) is 7.59. The molecule has 0 radical (unpaired) electrons. The normalized spacial score (nSPS) is 11.1. The maximum absolute atomic E-state index is 6.21. The van der Waals surface area contributed by atoms with Crippen molar-refractivity contribution in [2.24, 2.45) is 0 Å². The van der Waals surface area contributed by atoms with Gasteiger partial charge in [-0.25, -0.2) is 4.98 Å². The number of hydrogen-bond donors (Lipinski definition) is 1. The largest absolute Gasteiger partial charge is 0.415 e. The molecule has 6 heteroatoms. The smallest absolute Gasteiger partial charge is 0.260 e. The predicted molar refractivity (Wildman–Crippen MR) is 87.5 cm³/mol. The van der Waals surface area contributed by atoms with Gasteiger partial charge in [-0.05, 0) is 31.2 Å². The third kappa shape index (κ3) is 2.05. The molecular weight excluding hydrogens is 296 g/mol. The van der Waals surface area contributed by atoms with Gasteiger partial charge in [0.1, 0.15) is 9.71 Å². The van der Waals surface area contributed by atoms with Crippen LogP contribution in [0.3, 0.4) is 0 Å². The average molecular weight is 308 g/mol. The fourth-order valence-electron chi connectivity index (χ4n) is 2.26. The molecule has 0 unspecified atom stereocenters. The fraction of sp³-hybridized carbons (Fsp3) is 0.0625. The minimum Gasteiger partial charge on any atom is -0.415 e. The summed E-state index contributed by atoms with van der Waals surface area (Å²) in [4.78, 5) is 6.14. The Kier molecular flexibility index (Phi) is 2.90. The molecule has 0 fully saturated rings. The van der Waals surface area contributed by atoms with Crippen LogP contribution >= 0.6 is 11.3 Å². The number of rotatable bonds is 2. The van der Waals surface area contributed by atoms with Crippen LogP contribution in [0.1, 0.15) is 5.69 Å². The minimum absolute atomic E-state index is 0.428. The second-order valence-electron chi connectivity index (χ2n) is 4.93. The fourth-order valence-corrected chi connectivity index (χ4v) is 3.32. The van der Waals surface area contributed by atoms with Gasteiger partial charge >= 0.3 is 0 Å². The Morgan fingerprint density at radius 2 is 1.77 bits per heavy atom. The van der Waals surface area contributed by atoms with Crippen LogP contribution < -0.4 is 5.73 Å². The van der Waals surface area contributed by atoms with Gasteiger partial charge in [0.15, 0.2) is 0 Å². The van der Waals surface area contributed by atoms with Crippen molar-refractivity contribution >= 4 is 27.2 Å². The van der Waals surface area contributed by atoms with Crippen LogP contribution in [0.4, 0.5) is 5.69 Å². The summed E-state index contributed by atoms with van der Waals surface area (Å²) in [5.41, 5.74) is 8.69. The number of aromatic nitrogens is 3. The lowest BCUT2D eigenvalue weighted by molar-refractivity contribution is 0.586. The Morgan fingerprint density at radius 3 is 2.59 bits per heavy atom. The summed E-state index contributed by atoms with van der Waals surface area (Å²) in [7, 11) is 0. The lowest BCUT2D eigenvalue weighted by Gasteiger charge is -1.94. The zero-order valence-electron chi connectivity index (χ0n) is 11.8. The van der Waals surface area contributed by atoms with E-state index in [1.54, 1.807) is 0 Å². The third-order valence-electron chi connectivity index (χ3n) is 3.37. The van der Waals surface area contributed by atoms with Crippen LogP contribution in [0.15, 0.2) is 46.9 Å². The van der Waals surface area contributed by atoms with Gasteiger partial charge in [-0.2, -0.15) is 0 Å². The first kappa shape index (κ1) is 13.0. The number of aryl methyl sites for hydroxylation is 1. The molecule has 0 aliphatic rings. The van der Waals surface area contributed by atoms with Crippen LogP contribution in [-0.4, -0.2) is 15.2 Å². The molecule has 0 spiro atoms. The van der Waals surface area contributed by atoms with E-state index in [0.717, 1.165) is 26.4 Å². The molecule has 4 aromatic rings. The van der Waals surface area contributed by atoms with Crippen molar-refractivity contribution in [3.63, 3.8) is 0 Å². The Morgan fingerprint density at radius 1 is 1.00 bits per heavy atom. The molecule has 108 valence electrons. The second-order valence-corrected chi connectivity index (χ2v) is 5.93. The van der Waals surface area contributed by atoms with E-state index in [-0.39, 0.29) is 0 Å². The Bertz CT molecular complexity index is 959. The van der Waals surface area contributed by atoms with Crippen molar-refractivity contribution in [2.45, 2.75) is 6.92 Å². The van der Waals surface area contributed by atoms with E-state index in [2.05, 4.69) is 15.2 Å². The summed E-state index contributed by atoms with van der Waals surface area (Å²) >= 11 is 1.47. The van der Waals surface area contributed by atoms with E-state index in [1.165, 1.54) is 11.3 Å². The molecule has 0 amide bonds. The van der Waals surface area contributed by atoms with E-state index in [4.69, 9.17) is 10.2 Å². The minimum atomic E-state index is 0.428. The SMILES string of the molecule is Cc1ccc2c(N)c(-c3nnc(-c4ccccc4)o3)sc2n1. The summed E-state index contributed by atoms with van der Waals surface area (Å²) in [6.45, 7) is 1.95. The van der Waals surface area contributed by atoms with Gasteiger partial charge in [0.25, 0.3) is 5.89 Å². The molecular formula is C16H12N4OS. The zero-order valence-corrected chi connectivity index (χ0v) is 12.6. The summed E-state index contributed by atoms with van der Waals surface area (Å²) in [5.74, 6) is 0.911. The molecule has 0 bridgehead atoms. The number of nitrogens with two attached hydrogens (primary N) is 1. The number of pyridine rings is 1. The van der Waals surface area contributed by atoms with Gasteiger partial charge in [0.05, 0.1) is 5.69 Å². The first-order chi connectivity index (χ1) is 10.7. The van der Waals surface area contributed by atoms with Gasteiger partial charge < -0.3 is 10.2 Å². The second kappa shape index (κ2) is 4.92. The van der Waals surface area contributed by atoms with Crippen molar-refractivity contribution in [1.29, 1.82) is 0 Å². The molecule has 0 aliphatic heterocycles. The molecule has 22 heavy (non-hydrogen) atoms. The highest BCUT2D eigenvalue weighted by Gasteiger charge is 2.18. The van der Waals surface area contributed by atoms with Gasteiger partial charge in [-0.1, -0.05) is 18.2 Å². The van der Waals surface area contributed by atoms with Gasteiger partial charge in [0, 0.05) is 16.6 Å². The highest BCUT2D eigenvalue weighted by molar-refractivity contribution is 7.22. The van der Waals surface area contributed by atoms with Crippen LogP contribution in [0.5, 0.6) is 0 Å². The molecule has 1 aromatic carbocycles. The third-order valence-corrected chi connectivity index (χ3v) is 4.48. The standard InChI is InChI=1S/C16H12N4OS/c1-9-7-8-11-12(17)13(22-16(11)18-9)15-20-19-14(21-15)10-5-3-2-4-6-10/h2-8H,17H2,1H3. The Balaban J connectivity index is 1.83. The molecule has 3 heterocycles. The first-order valence-electron chi connectivity index (χ1n) is 6.77. The van der Waals surface area contributed by atoms with Crippen molar-refractivity contribution in [1.82, 2.24) is 15.2 Å². The van der Waals surface area contributed by atoms with Crippen molar-refractivity contribution < 1.29 is 4.42 Å². The Labute approximate surface area is 130 Å². The average Bonchev–Trinajstić information content (AvgIpc) is 3.13. The lowest BCUT2D eigenvalue weighted by atomic mass is 10.2. The zero-order chi connectivity index (χ0) is 15.1. The molecule has 3 aromatic heterocycles. The monoisotopic (exact) mass is 308 g/mol. The molecule has 4 rings (SSSR count). The lowest BCUT2D eigenvalue weighted by Crippen LogP contribution is -1.86. The summed E-state index contributed by atoms with van der Waals surface area (Å²) in [6.07, 6.45) is 0. The number of hydrogen-bond acceptors (Lipinski definition) is 6. The van der Waals surface area contributed by atoms with Crippen molar-refractivity contribution in [3.05, 3.63) is 48.2 Å². The van der Waals surface area contributed by atoms with Crippen LogP contribution in [0.2, 0.25) is 0 Å². The molecule has 0 saturated carbocycles. The van der Waals surface area contributed by atoms with E-state index >= 15 is 0 Å². The maximum Gasteiger partial charge on any atom is 0.260 e. The van der Waals surface area contributed by atoms with E-state index in [9.17, 15) is 0 Å². The van der Waals surface area contributed by atoms with Crippen molar-refractivity contribution in [2.75, 3.05) is 5.73 Å². The quantitative estimate of drug-likeness (QED) is 0.607. The Hall–Kier alpha value is -2.73. The summed E-state index contributed by atoms with van der Waals surface area (Å²) < 4.78 is 5.78. The van der Waals surface area contributed by atoms with Crippen molar-refractivity contribution in [3.8, 4) is 22.2 Å². The van der Waals surface area contributed by atoms with Gasteiger partial charge in [0.2, 0.25) is 5.89 Å². The molecule has 0 saturated heterocycles. The molecule has 5 nitrogen and oxygen atoms in total. The molecule has 2 N–H and O–H groups in total. The maximum atomic E-state index is 6.21. The summed E-state index contributed by atoms with van der Waals surface area (Å²) in [6, 6.07) is 13.6. The highest BCUT2D eigenvalue weighted by Crippen LogP contribution is 2.39. The van der Waals surface area contributed by atoms with Crippen LogP contribution in [-0.2, 0) is 0 Å². The number of thiophene rings is 1. The van der Waals surface area contributed by atoms with Crippen LogP contribution in [0, 0.1) is 6.92 Å². The van der Waals surface area contributed by atoms with E-state index in [0.29, 0.717) is 17.5 Å². The van der Waals surface area contributed by atoms with E-state index < -0.39 is 0 Å². The predicted octanol–water partition coefficient (Wildman–Crippen LogP) is 3.90. The number of benzene rings is 1. The van der Waals surface area contributed by atoms with E-state index in [1.807, 2.05) is 49.4 Å². The topological polar surface area (TPSA) is 77.8 Å². The summed E-state index contributed by atoms with van der Waals surface area (Å²) in [5, 5.41) is 9.15. The molecule has 0 atom stereocenters. The number of nitrogen functional groups attached to an aromatic ring is 1. The molecule has 0 aliphatic carbocycles. The number of anilines is 1. The van der Waals surface area contributed by atoms with Crippen LogP contribution in [0.25, 0.3) is 32.4 Å².